The average Bonchev–Trinajstić information content (AvgIpc) is 3.03. The van der Waals surface area contributed by atoms with Gasteiger partial charge in [-0.25, -0.2) is 0 Å². The van der Waals surface area contributed by atoms with Gasteiger partial charge in [0.15, 0.2) is 0 Å². The summed E-state index contributed by atoms with van der Waals surface area (Å²) in [6.45, 7) is 4.47. The molecule has 0 heterocycles. The van der Waals surface area contributed by atoms with Crippen molar-refractivity contribution in [3.63, 3.8) is 0 Å². The zero-order chi connectivity index (χ0) is 34.9. The Labute approximate surface area is 289 Å². The van der Waals surface area contributed by atoms with Crippen LogP contribution in [-0.4, -0.2) is 53.1 Å². The van der Waals surface area contributed by atoms with E-state index in [9.17, 15) is 28.0 Å². The molecule has 0 radical (unpaired) electrons. The van der Waals surface area contributed by atoms with E-state index in [1.807, 2.05) is 0 Å². The van der Waals surface area contributed by atoms with Gasteiger partial charge < -0.3 is 15.5 Å². The summed E-state index contributed by atoms with van der Waals surface area (Å²) in [5.41, 5.74) is 0. The summed E-state index contributed by atoms with van der Waals surface area (Å²) in [5, 5.41) is 23.3. The Kier molecular flexibility index (Phi) is 32.0. The van der Waals surface area contributed by atoms with Gasteiger partial charge in [-0.1, -0.05) is 172 Å². The van der Waals surface area contributed by atoms with E-state index in [2.05, 4.69) is 43.5 Å². The SMILES string of the molecule is CCCCCC/C=C/CC/C=C/CC/C=C/C(O)C(CS(=O)(=O)O)NC(=O)C(O)CCCCCCCCCCCCCCCCCC. The molecule has 3 unspecified atom stereocenters. The van der Waals surface area contributed by atoms with Crippen LogP contribution in [0.1, 0.15) is 181 Å². The minimum atomic E-state index is -4.45. The second-order valence-electron chi connectivity index (χ2n) is 13.3. The number of allylic oxidation sites excluding steroid dienone is 5. The number of amides is 1. The molecule has 3 atom stereocenters. The maximum absolute atomic E-state index is 12.5. The molecule has 0 aromatic rings. The number of carbonyl (C=O) groups excluding carboxylic acids is 1. The number of unbranched alkanes of at least 4 members (excludes halogenated alkanes) is 21. The zero-order valence-electron chi connectivity index (χ0n) is 30.3. The molecule has 0 saturated heterocycles. The van der Waals surface area contributed by atoms with Crippen molar-refractivity contribution in [1.29, 1.82) is 0 Å². The summed E-state index contributed by atoms with van der Waals surface area (Å²) >= 11 is 0. The van der Waals surface area contributed by atoms with Crippen molar-refractivity contribution in [2.45, 2.75) is 199 Å². The lowest BCUT2D eigenvalue weighted by Gasteiger charge is -2.22. The molecule has 47 heavy (non-hydrogen) atoms. The molecule has 276 valence electrons. The Balaban J connectivity index is 4.13. The summed E-state index contributed by atoms with van der Waals surface area (Å²) < 4.78 is 32.4. The molecular formula is C39H73NO6S. The average molecular weight is 684 g/mol. The van der Waals surface area contributed by atoms with Crippen LogP contribution in [0.2, 0.25) is 0 Å². The van der Waals surface area contributed by atoms with Gasteiger partial charge in [0.1, 0.15) is 6.10 Å². The van der Waals surface area contributed by atoms with Crippen molar-refractivity contribution in [2.24, 2.45) is 0 Å². The number of nitrogens with one attached hydrogen (secondary N) is 1. The highest BCUT2D eigenvalue weighted by Crippen LogP contribution is 2.15. The summed E-state index contributed by atoms with van der Waals surface area (Å²) in [5.74, 6) is -1.56. The topological polar surface area (TPSA) is 124 Å². The van der Waals surface area contributed by atoms with Crippen LogP contribution < -0.4 is 5.32 Å². The van der Waals surface area contributed by atoms with Gasteiger partial charge in [0, 0.05) is 0 Å². The Morgan fingerprint density at radius 1 is 0.574 bits per heavy atom. The number of hydrogen-bond acceptors (Lipinski definition) is 5. The number of aliphatic hydroxyl groups is 2. The lowest BCUT2D eigenvalue weighted by atomic mass is 10.0. The van der Waals surface area contributed by atoms with E-state index >= 15 is 0 Å². The van der Waals surface area contributed by atoms with Gasteiger partial charge in [-0.2, -0.15) is 8.42 Å². The maximum Gasteiger partial charge on any atom is 0.267 e. The fraction of sp³-hybridized carbons (Fsp3) is 0.821. The van der Waals surface area contributed by atoms with Crippen LogP contribution in [-0.2, 0) is 14.9 Å². The summed E-state index contributed by atoms with van der Waals surface area (Å²) in [6.07, 6.45) is 39.1. The molecule has 0 aliphatic carbocycles. The summed E-state index contributed by atoms with van der Waals surface area (Å²) in [4.78, 5) is 12.5. The molecule has 4 N–H and O–H groups in total. The molecule has 0 aliphatic rings. The van der Waals surface area contributed by atoms with Gasteiger partial charge in [-0.3, -0.25) is 9.35 Å². The first-order valence-corrected chi connectivity index (χ1v) is 20.9. The van der Waals surface area contributed by atoms with E-state index in [-0.39, 0.29) is 6.42 Å². The fourth-order valence-corrected chi connectivity index (χ4v) is 6.40. The monoisotopic (exact) mass is 684 g/mol. The van der Waals surface area contributed by atoms with Crippen LogP contribution in [0, 0.1) is 0 Å². The summed E-state index contributed by atoms with van der Waals surface area (Å²) in [7, 11) is -4.45. The zero-order valence-corrected chi connectivity index (χ0v) is 31.1. The van der Waals surface area contributed by atoms with Crippen molar-refractivity contribution < 1.29 is 28.0 Å². The Morgan fingerprint density at radius 3 is 1.40 bits per heavy atom. The second kappa shape index (κ2) is 33.0. The fourth-order valence-electron chi connectivity index (χ4n) is 5.66. The molecule has 0 spiro atoms. The van der Waals surface area contributed by atoms with Crippen LogP contribution in [0.3, 0.4) is 0 Å². The minimum absolute atomic E-state index is 0.274. The van der Waals surface area contributed by atoms with Gasteiger partial charge in [-0.05, 0) is 44.9 Å². The maximum atomic E-state index is 12.5. The quantitative estimate of drug-likeness (QED) is 0.0304. The molecule has 7 nitrogen and oxygen atoms in total. The van der Waals surface area contributed by atoms with E-state index in [1.54, 1.807) is 6.08 Å². The number of hydrogen-bond donors (Lipinski definition) is 4. The molecule has 0 saturated carbocycles. The molecule has 1 amide bonds. The molecule has 0 fully saturated rings. The highest BCUT2D eigenvalue weighted by atomic mass is 32.2. The van der Waals surface area contributed by atoms with Crippen LogP contribution in [0.25, 0.3) is 0 Å². The Bertz CT molecular complexity index is 901. The normalized spacial score (nSPS) is 14.4. The van der Waals surface area contributed by atoms with Gasteiger partial charge >= 0.3 is 0 Å². The van der Waals surface area contributed by atoms with Crippen molar-refractivity contribution in [3.05, 3.63) is 36.5 Å². The molecule has 0 rings (SSSR count). The van der Waals surface area contributed by atoms with Crippen LogP contribution >= 0.6 is 0 Å². The third-order valence-corrected chi connectivity index (χ3v) is 9.44. The lowest BCUT2D eigenvalue weighted by molar-refractivity contribution is -0.130. The Morgan fingerprint density at radius 2 is 0.957 bits per heavy atom. The van der Waals surface area contributed by atoms with Gasteiger partial charge in [0.05, 0.1) is 17.9 Å². The highest BCUT2D eigenvalue weighted by Gasteiger charge is 2.27. The standard InChI is InChI=1S/C39H73NO6S/c1-3-5-7-9-11-13-15-17-19-20-22-24-26-28-30-32-34-38(42)39(43)40-36(35-47(44,45)46)37(41)33-31-29-27-25-23-21-18-16-14-12-10-8-6-4-2/h14,16,23,25,31,33,36-38,41-42H,3-13,15,17-22,24,26-30,32,34-35H2,1-2H3,(H,40,43)(H,44,45,46)/b16-14+,25-23+,33-31+. The molecule has 8 heteroatoms. The van der Waals surface area contributed by atoms with Crippen LogP contribution in [0.5, 0.6) is 0 Å². The van der Waals surface area contributed by atoms with Crippen molar-refractivity contribution in [1.82, 2.24) is 5.32 Å². The van der Waals surface area contributed by atoms with E-state index in [4.69, 9.17) is 0 Å². The first-order valence-electron chi connectivity index (χ1n) is 19.3. The predicted octanol–water partition coefficient (Wildman–Crippen LogP) is 9.93. The van der Waals surface area contributed by atoms with Gasteiger partial charge in [0.25, 0.3) is 10.1 Å². The number of rotatable bonds is 34. The minimum Gasteiger partial charge on any atom is -0.387 e. The molecular weight excluding hydrogens is 610 g/mol. The largest absolute Gasteiger partial charge is 0.387 e. The van der Waals surface area contributed by atoms with Crippen molar-refractivity contribution in [3.8, 4) is 0 Å². The molecule has 0 aromatic heterocycles. The molecule has 0 aliphatic heterocycles. The lowest BCUT2D eigenvalue weighted by Crippen LogP contribution is -2.50. The number of aliphatic hydroxyl groups excluding tert-OH is 2. The van der Waals surface area contributed by atoms with Gasteiger partial charge in [0.2, 0.25) is 5.91 Å². The van der Waals surface area contributed by atoms with Gasteiger partial charge in [-0.15, -0.1) is 0 Å². The third-order valence-electron chi connectivity index (χ3n) is 8.65. The Hall–Kier alpha value is -1.48. The predicted molar refractivity (Wildman–Crippen MR) is 199 cm³/mol. The number of carbonyl (C=O) groups is 1. The van der Waals surface area contributed by atoms with E-state index < -0.39 is 40.0 Å². The highest BCUT2D eigenvalue weighted by molar-refractivity contribution is 7.85. The van der Waals surface area contributed by atoms with E-state index in [1.165, 1.54) is 109 Å². The first kappa shape index (κ1) is 45.5. The smallest absolute Gasteiger partial charge is 0.267 e. The van der Waals surface area contributed by atoms with Crippen LogP contribution in [0.15, 0.2) is 36.5 Å². The van der Waals surface area contributed by atoms with E-state index in [0.29, 0.717) is 12.8 Å². The molecule has 0 aromatic carbocycles. The second-order valence-corrected chi connectivity index (χ2v) is 14.8. The molecule has 0 bridgehead atoms. The third kappa shape index (κ3) is 32.8. The van der Waals surface area contributed by atoms with Crippen LogP contribution in [0.4, 0.5) is 0 Å². The van der Waals surface area contributed by atoms with Crippen molar-refractivity contribution >= 4 is 16.0 Å². The van der Waals surface area contributed by atoms with E-state index in [0.717, 1.165) is 44.9 Å². The first-order chi connectivity index (χ1) is 22.7. The van der Waals surface area contributed by atoms with Crippen molar-refractivity contribution in [2.75, 3.05) is 5.75 Å². The summed E-state index contributed by atoms with van der Waals surface area (Å²) in [6, 6.07) is -1.25.